The number of aromatic nitrogens is 4. The standard InChI is InChI=1S/C29H34N8O3/c1-7-28(38)34-23-15-24(26(40-6)11-9-21(23)29(39)36(4)13-12-35(2)3)33-27-16-22(30-18-31-27)19-8-10-25-20(14-19)17-32-37(25)5/h7-10,14-18H,1,11-13H2,2-6H3,(H,34,38)(H,30,31,33). The number of anilines is 1. The summed E-state index contributed by atoms with van der Waals surface area (Å²) in [6.07, 6.45) is 8.21. The van der Waals surface area contributed by atoms with Crippen LogP contribution in [0.2, 0.25) is 0 Å². The van der Waals surface area contributed by atoms with E-state index in [4.69, 9.17) is 4.74 Å². The SMILES string of the molecule is C=CC(=O)NC1=CC(Nc2cc(-c3ccc4c(cnn4C)c3)ncn2)=C(OC)CC=C1C(=O)N(C)CCN(C)C. The Balaban J connectivity index is 1.66. The Morgan fingerprint density at radius 2 is 1.98 bits per heavy atom. The first-order valence-electron chi connectivity index (χ1n) is 12.7. The third kappa shape index (κ3) is 6.44. The van der Waals surface area contributed by atoms with Crippen LogP contribution < -0.4 is 10.6 Å². The highest BCUT2D eigenvalue weighted by atomic mass is 16.5. The van der Waals surface area contributed by atoms with E-state index in [9.17, 15) is 9.59 Å². The summed E-state index contributed by atoms with van der Waals surface area (Å²) < 4.78 is 7.50. The number of likely N-dealkylation sites (N-methyl/N-ethyl adjacent to an activating group) is 2. The average molecular weight is 543 g/mol. The van der Waals surface area contributed by atoms with Gasteiger partial charge in [-0.15, -0.1) is 0 Å². The van der Waals surface area contributed by atoms with Gasteiger partial charge in [-0.05, 0) is 38.4 Å². The minimum Gasteiger partial charge on any atom is -0.499 e. The molecule has 208 valence electrons. The van der Waals surface area contributed by atoms with Gasteiger partial charge in [0, 0.05) is 50.6 Å². The second-order valence-electron chi connectivity index (χ2n) is 9.60. The van der Waals surface area contributed by atoms with Gasteiger partial charge in [-0.25, -0.2) is 9.97 Å². The molecule has 1 aliphatic carbocycles. The predicted octanol–water partition coefficient (Wildman–Crippen LogP) is 2.84. The smallest absolute Gasteiger partial charge is 0.255 e. The molecule has 40 heavy (non-hydrogen) atoms. The number of allylic oxidation sites excluding steroid dienone is 2. The number of rotatable bonds is 10. The summed E-state index contributed by atoms with van der Waals surface area (Å²) in [6, 6.07) is 7.84. The molecule has 0 aliphatic heterocycles. The van der Waals surface area contributed by atoms with E-state index in [2.05, 4.69) is 32.3 Å². The number of ether oxygens (including phenoxy) is 1. The molecule has 1 aromatic carbocycles. The zero-order valence-corrected chi connectivity index (χ0v) is 23.4. The number of fused-ring (bicyclic) bond motifs is 1. The van der Waals surface area contributed by atoms with Gasteiger partial charge < -0.3 is 25.2 Å². The van der Waals surface area contributed by atoms with Crippen molar-refractivity contribution in [2.45, 2.75) is 6.42 Å². The van der Waals surface area contributed by atoms with Gasteiger partial charge in [-0.1, -0.05) is 18.7 Å². The minimum atomic E-state index is -0.434. The van der Waals surface area contributed by atoms with Gasteiger partial charge in [0.25, 0.3) is 5.91 Å². The molecule has 1 aliphatic rings. The van der Waals surface area contributed by atoms with E-state index in [1.165, 1.54) is 6.33 Å². The molecule has 0 radical (unpaired) electrons. The number of benzene rings is 1. The van der Waals surface area contributed by atoms with Crippen LogP contribution in [0.5, 0.6) is 0 Å². The van der Waals surface area contributed by atoms with Crippen molar-refractivity contribution in [3.8, 4) is 11.3 Å². The number of carbonyl (C=O) groups excluding carboxylic acids is 2. The van der Waals surface area contributed by atoms with Crippen LogP contribution in [0.1, 0.15) is 6.42 Å². The van der Waals surface area contributed by atoms with Crippen LogP contribution in [0.25, 0.3) is 22.2 Å². The summed E-state index contributed by atoms with van der Waals surface area (Å²) in [6.45, 7) is 4.77. The maximum absolute atomic E-state index is 13.4. The second kappa shape index (κ2) is 12.4. The average Bonchev–Trinajstić information content (AvgIpc) is 3.23. The lowest BCUT2D eigenvalue weighted by Crippen LogP contribution is -2.36. The Bertz CT molecular complexity index is 1530. The van der Waals surface area contributed by atoms with E-state index in [1.807, 2.05) is 61.2 Å². The molecule has 2 N–H and O–H groups in total. The van der Waals surface area contributed by atoms with Crippen molar-refractivity contribution >= 4 is 28.5 Å². The summed E-state index contributed by atoms with van der Waals surface area (Å²) in [7, 11) is 9.09. The van der Waals surface area contributed by atoms with Gasteiger partial charge in [-0.2, -0.15) is 5.10 Å². The molecule has 3 aromatic rings. The number of carbonyl (C=O) groups is 2. The molecule has 0 saturated carbocycles. The molecular weight excluding hydrogens is 508 g/mol. The van der Waals surface area contributed by atoms with Crippen LogP contribution in [-0.4, -0.2) is 82.7 Å². The zero-order valence-electron chi connectivity index (χ0n) is 23.4. The zero-order chi connectivity index (χ0) is 28.8. The molecule has 2 aromatic heterocycles. The van der Waals surface area contributed by atoms with E-state index in [1.54, 1.807) is 31.2 Å². The van der Waals surface area contributed by atoms with Gasteiger partial charge in [0.15, 0.2) is 0 Å². The molecular formula is C29H34N8O3. The largest absolute Gasteiger partial charge is 0.499 e. The third-order valence-electron chi connectivity index (χ3n) is 6.49. The van der Waals surface area contributed by atoms with Gasteiger partial charge >= 0.3 is 0 Å². The first kappa shape index (κ1) is 28.2. The van der Waals surface area contributed by atoms with E-state index in [-0.39, 0.29) is 5.91 Å². The highest BCUT2D eigenvalue weighted by Gasteiger charge is 2.24. The Kier molecular flexibility index (Phi) is 8.75. The van der Waals surface area contributed by atoms with Crippen molar-refractivity contribution in [3.63, 3.8) is 0 Å². The fourth-order valence-corrected chi connectivity index (χ4v) is 4.21. The van der Waals surface area contributed by atoms with Crippen molar-refractivity contribution in [1.82, 2.24) is 34.9 Å². The predicted molar refractivity (Wildman–Crippen MR) is 155 cm³/mol. The van der Waals surface area contributed by atoms with Gasteiger partial charge in [0.1, 0.15) is 17.9 Å². The first-order chi connectivity index (χ1) is 19.2. The molecule has 11 nitrogen and oxygen atoms in total. The van der Waals surface area contributed by atoms with E-state index < -0.39 is 5.91 Å². The van der Waals surface area contributed by atoms with Gasteiger partial charge in [-0.3, -0.25) is 14.3 Å². The lowest BCUT2D eigenvalue weighted by molar-refractivity contribution is -0.125. The highest BCUT2D eigenvalue weighted by molar-refractivity contribution is 6.00. The maximum Gasteiger partial charge on any atom is 0.255 e. The highest BCUT2D eigenvalue weighted by Crippen LogP contribution is 2.27. The van der Waals surface area contributed by atoms with E-state index in [0.717, 1.165) is 28.2 Å². The van der Waals surface area contributed by atoms with Crippen molar-refractivity contribution in [1.29, 1.82) is 0 Å². The summed E-state index contributed by atoms with van der Waals surface area (Å²) in [5.74, 6) is 0.436. The molecule has 0 unspecified atom stereocenters. The summed E-state index contributed by atoms with van der Waals surface area (Å²) in [5.41, 5.74) is 3.89. The number of hydrogen-bond acceptors (Lipinski definition) is 8. The Morgan fingerprint density at radius 3 is 2.70 bits per heavy atom. The normalized spacial score (nSPS) is 13.4. The summed E-state index contributed by atoms with van der Waals surface area (Å²) >= 11 is 0. The molecule has 2 amide bonds. The van der Waals surface area contributed by atoms with Crippen LogP contribution in [0.3, 0.4) is 0 Å². The quantitative estimate of drug-likeness (QED) is 0.376. The van der Waals surface area contributed by atoms with Crippen LogP contribution in [-0.2, 0) is 21.4 Å². The second-order valence-corrected chi connectivity index (χ2v) is 9.60. The van der Waals surface area contributed by atoms with Crippen LogP contribution in [0.4, 0.5) is 5.82 Å². The Labute approximate surface area is 233 Å². The van der Waals surface area contributed by atoms with E-state index in [0.29, 0.717) is 48.1 Å². The molecule has 0 bridgehead atoms. The van der Waals surface area contributed by atoms with Gasteiger partial charge in [0.2, 0.25) is 5.91 Å². The van der Waals surface area contributed by atoms with Crippen LogP contribution in [0.15, 0.2) is 84.3 Å². The number of hydrogen-bond donors (Lipinski definition) is 2. The Morgan fingerprint density at radius 1 is 1.18 bits per heavy atom. The van der Waals surface area contributed by atoms with Crippen molar-refractivity contribution in [2.75, 3.05) is 46.7 Å². The van der Waals surface area contributed by atoms with Crippen molar-refractivity contribution in [2.24, 2.45) is 7.05 Å². The number of amides is 2. The molecule has 11 heteroatoms. The van der Waals surface area contributed by atoms with E-state index >= 15 is 0 Å². The van der Waals surface area contributed by atoms with Crippen LogP contribution >= 0.6 is 0 Å². The third-order valence-corrected chi connectivity index (χ3v) is 6.49. The number of nitrogens with one attached hydrogen (secondary N) is 2. The molecule has 0 fully saturated rings. The maximum atomic E-state index is 13.4. The topological polar surface area (TPSA) is 118 Å². The number of methoxy groups -OCH3 is 1. The summed E-state index contributed by atoms with van der Waals surface area (Å²) in [5, 5.41) is 11.4. The molecule has 0 spiro atoms. The molecule has 4 rings (SSSR count). The monoisotopic (exact) mass is 542 g/mol. The fraction of sp³-hybridized carbons (Fsp3) is 0.276. The number of nitrogens with zero attached hydrogens (tertiary/aromatic N) is 6. The first-order valence-corrected chi connectivity index (χ1v) is 12.7. The molecule has 2 heterocycles. The van der Waals surface area contributed by atoms with Crippen molar-refractivity contribution < 1.29 is 14.3 Å². The lowest BCUT2D eigenvalue weighted by atomic mass is 10.1. The number of aryl methyl sites for hydroxylation is 1. The van der Waals surface area contributed by atoms with Gasteiger partial charge in [0.05, 0.1) is 41.5 Å². The lowest BCUT2D eigenvalue weighted by Gasteiger charge is -2.22. The molecule has 0 saturated heterocycles. The van der Waals surface area contributed by atoms with Crippen LogP contribution in [0, 0.1) is 0 Å². The fourth-order valence-electron chi connectivity index (χ4n) is 4.21. The Hall–Kier alpha value is -4.77. The molecule has 0 atom stereocenters. The minimum absolute atomic E-state index is 0.218. The summed E-state index contributed by atoms with van der Waals surface area (Å²) in [4.78, 5) is 38.2. The van der Waals surface area contributed by atoms with Crippen molar-refractivity contribution in [3.05, 3.63) is 84.3 Å².